The third-order valence-corrected chi connectivity index (χ3v) is 4.14. The van der Waals surface area contributed by atoms with Gasteiger partial charge in [0.2, 0.25) is 5.91 Å². The van der Waals surface area contributed by atoms with E-state index in [4.69, 9.17) is 0 Å². The van der Waals surface area contributed by atoms with Gasteiger partial charge in [-0.3, -0.25) is 13.8 Å². The minimum Gasteiger partial charge on any atom is -0.469 e. The molecule has 0 aromatic heterocycles. The average molecular weight is 277 g/mol. The molecule has 0 saturated carbocycles. The molecule has 3 atom stereocenters. The van der Waals surface area contributed by atoms with Gasteiger partial charge in [-0.2, -0.15) is 0 Å². The third-order valence-electron chi connectivity index (χ3n) is 2.53. The van der Waals surface area contributed by atoms with Crippen LogP contribution >= 0.6 is 0 Å². The molecule has 0 aliphatic rings. The standard InChI is InChI=1S/C12H23NO4S/c1-5-6-9(2)13-11(14)8-18(16)10(3)7-12(15)17-4/h9-10H,5-8H2,1-4H3,(H,13,14). The molecule has 3 unspecified atom stereocenters. The maximum atomic E-state index is 11.8. The topological polar surface area (TPSA) is 72.5 Å². The number of hydrogen-bond donors (Lipinski definition) is 1. The first-order valence-electron chi connectivity index (χ1n) is 6.14. The van der Waals surface area contributed by atoms with Gasteiger partial charge in [0.15, 0.2) is 0 Å². The van der Waals surface area contributed by atoms with Gasteiger partial charge < -0.3 is 10.1 Å². The van der Waals surface area contributed by atoms with Crippen LogP contribution in [0.5, 0.6) is 0 Å². The van der Waals surface area contributed by atoms with Gasteiger partial charge in [-0.25, -0.2) is 0 Å². The second kappa shape index (κ2) is 9.08. The normalized spacial score (nSPS) is 15.6. The molecule has 0 aromatic carbocycles. The number of esters is 1. The number of rotatable bonds is 8. The van der Waals surface area contributed by atoms with Crippen LogP contribution in [0, 0.1) is 0 Å². The first kappa shape index (κ1) is 17.1. The fourth-order valence-corrected chi connectivity index (χ4v) is 2.45. The summed E-state index contributed by atoms with van der Waals surface area (Å²) in [6.45, 7) is 5.64. The first-order valence-corrected chi connectivity index (χ1v) is 7.52. The second-order valence-electron chi connectivity index (χ2n) is 4.37. The van der Waals surface area contributed by atoms with E-state index in [1.165, 1.54) is 7.11 Å². The van der Waals surface area contributed by atoms with E-state index >= 15 is 0 Å². The molecule has 0 aliphatic carbocycles. The van der Waals surface area contributed by atoms with E-state index in [9.17, 15) is 13.8 Å². The summed E-state index contributed by atoms with van der Waals surface area (Å²) in [5, 5.41) is 2.42. The van der Waals surface area contributed by atoms with E-state index in [0.717, 1.165) is 12.8 Å². The molecule has 0 aromatic rings. The van der Waals surface area contributed by atoms with Crippen LogP contribution in [0.4, 0.5) is 0 Å². The Morgan fingerprint density at radius 3 is 2.44 bits per heavy atom. The lowest BCUT2D eigenvalue weighted by Crippen LogP contribution is -2.37. The molecular weight excluding hydrogens is 254 g/mol. The van der Waals surface area contributed by atoms with Gasteiger partial charge in [-0.05, 0) is 13.3 Å². The zero-order valence-electron chi connectivity index (χ0n) is 11.5. The highest BCUT2D eigenvalue weighted by Gasteiger charge is 2.19. The molecule has 0 radical (unpaired) electrons. The van der Waals surface area contributed by atoms with Crippen LogP contribution in [-0.4, -0.2) is 40.2 Å². The van der Waals surface area contributed by atoms with Crippen LogP contribution in [0.2, 0.25) is 0 Å². The van der Waals surface area contributed by atoms with Crippen molar-refractivity contribution in [3.63, 3.8) is 0 Å². The van der Waals surface area contributed by atoms with Crippen molar-refractivity contribution in [2.75, 3.05) is 12.9 Å². The van der Waals surface area contributed by atoms with Gasteiger partial charge in [0.05, 0.1) is 13.5 Å². The fraction of sp³-hybridized carbons (Fsp3) is 0.833. The van der Waals surface area contributed by atoms with Gasteiger partial charge in [-0.1, -0.05) is 20.3 Å². The lowest BCUT2D eigenvalue weighted by molar-refractivity contribution is -0.140. The highest BCUT2D eigenvalue weighted by Crippen LogP contribution is 2.03. The van der Waals surface area contributed by atoms with Crippen LogP contribution < -0.4 is 5.32 Å². The summed E-state index contributed by atoms with van der Waals surface area (Å²) >= 11 is 0. The van der Waals surface area contributed by atoms with Crippen molar-refractivity contribution in [1.82, 2.24) is 5.32 Å². The minimum absolute atomic E-state index is 0.0633. The molecule has 6 heteroatoms. The number of carbonyl (C=O) groups is 2. The first-order chi connectivity index (χ1) is 8.40. The zero-order valence-corrected chi connectivity index (χ0v) is 12.3. The summed E-state index contributed by atoms with van der Waals surface area (Å²) in [7, 11) is -0.0615. The molecule has 0 saturated heterocycles. The Balaban J connectivity index is 4.06. The van der Waals surface area contributed by atoms with Crippen molar-refractivity contribution in [1.29, 1.82) is 0 Å². The van der Waals surface area contributed by atoms with Crippen molar-refractivity contribution in [2.24, 2.45) is 0 Å². The average Bonchev–Trinajstić information content (AvgIpc) is 2.28. The molecule has 1 N–H and O–H groups in total. The maximum Gasteiger partial charge on any atom is 0.306 e. The highest BCUT2D eigenvalue weighted by molar-refractivity contribution is 7.86. The Kier molecular flexibility index (Phi) is 8.62. The summed E-state index contributed by atoms with van der Waals surface area (Å²) in [5.74, 6) is -0.701. The third kappa shape index (κ3) is 7.42. The number of ether oxygens (including phenoxy) is 1. The van der Waals surface area contributed by atoms with Crippen molar-refractivity contribution in [2.45, 2.75) is 51.3 Å². The molecule has 1 amide bonds. The van der Waals surface area contributed by atoms with Crippen LogP contribution in [0.1, 0.15) is 40.0 Å². The van der Waals surface area contributed by atoms with Gasteiger partial charge in [0.25, 0.3) is 0 Å². The van der Waals surface area contributed by atoms with Gasteiger partial charge in [0, 0.05) is 22.1 Å². The Labute approximate surface area is 111 Å². The van der Waals surface area contributed by atoms with Crippen LogP contribution in [0.25, 0.3) is 0 Å². The van der Waals surface area contributed by atoms with Gasteiger partial charge >= 0.3 is 5.97 Å². The van der Waals surface area contributed by atoms with Crippen LogP contribution in [0.15, 0.2) is 0 Å². The smallest absolute Gasteiger partial charge is 0.306 e. The lowest BCUT2D eigenvalue weighted by Gasteiger charge is -2.14. The number of amides is 1. The summed E-state index contributed by atoms with van der Waals surface area (Å²) in [6, 6.07) is 0.0930. The predicted molar refractivity (Wildman–Crippen MR) is 71.6 cm³/mol. The molecular formula is C12H23NO4S. The largest absolute Gasteiger partial charge is 0.469 e. The van der Waals surface area contributed by atoms with Crippen molar-refractivity contribution in [3.05, 3.63) is 0 Å². The zero-order chi connectivity index (χ0) is 14.1. The molecule has 0 aliphatic heterocycles. The number of nitrogens with one attached hydrogen (secondary N) is 1. The molecule has 0 rings (SSSR count). The Morgan fingerprint density at radius 2 is 1.94 bits per heavy atom. The van der Waals surface area contributed by atoms with E-state index in [1.54, 1.807) is 6.92 Å². The van der Waals surface area contributed by atoms with Crippen LogP contribution in [-0.2, 0) is 25.1 Å². The molecule has 0 fully saturated rings. The summed E-state index contributed by atoms with van der Waals surface area (Å²) in [4.78, 5) is 22.6. The van der Waals surface area contributed by atoms with Crippen LogP contribution in [0.3, 0.4) is 0 Å². The van der Waals surface area contributed by atoms with Crippen molar-refractivity contribution in [3.8, 4) is 0 Å². The summed E-state index contributed by atoms with van der Waals surface area (Å²) in [5.41, 5.74) is 0. The summed E-state index contributed by atoms with van der Waals surface area (Å²) < 4.78 is 16.3. The molecule has 5 nitrogen and oxygen atoms in total. The minimum atomic E-state index is -1.35. The van der Waals surface area contributed by atoms with Gasteiger partial charge in [-0.15, -0.1) is 0 Å². The number of carbonyl (C=O) groups excluding carboxylic acids is 2. The molecule has 0 bridgehead atoms. The van der Waals surface area contributed by atoms with Crippen molar-refractivity contribution >= 4 is 22.7 Å². The van der Waals surface area contributed by atoms with E-state index in [-0.39, 0.29) is 29.4 Å². The Hall–Kier alpha value is -0.910. The van der Waals surface area contributed by atoms with E-state index in [2.05, 4.69) is 10.1 Å². The Morgan fingerprint density at radius 1 is 1.33 bits per heavy atom. The van der Waals surface area contributed by atoms with E-state index in [1.807, 2.05) is 13.8 Å². The fourth-order valence-electron chi connectivity index (χ4n) is 1.50. The molecule has 0 heterocycles. The van der Waals surface area contributed by atoms with E-state index in [0.29, 0.717) is 0 Å². The molecule has 18 heavy (non-hydrogen) atoms. The summed E-state index contributed by atoms with van der Waals surface area (Å²) in [6.07, 6.45) is 1.96. The lowest BCUT2D eigenvalue weighted by atomic mass is 10.2. The monoisotopic (exact) mass is 277 g/mol. The van der Waals surface area contributed by atoms with Crippen molar-refractivity contribution < 1.29 is 18.5 Å². The SMILES string of the molecule is CCCC(C)NC(=O)CS(=O)C(C)CC(=O)OC. The second-order valence-corrected chi connectivity index (χ2v) is 6.23. The molecule has 106 valence electrons. The van der Waals surface area contributed by atoms with E-state index < -0.39 is 16.8 Å². The predicted octanol–water partition coefficient (Wildman–Crippen LogP) is 0.991. The van der Waals surface area contributed by atoms with Gasteiger partial charge in [0.1, 0.15) is 5.75 Å². The molecule has 0 spiro atoms. The Bertz CT molecular complexity index is 306. The maximum absolute atomic E-state index is 11.8. The highest BCUT2D eigenvalue weighted by atomic mass is 32.2. The number of methoxy groups -OCH3 is 1. The number of hydrogen-bond acceptors (Lipinski definition) is 4. The quantitative estimate of drug-likeness (QED) is 0.672.